The van der Waals surface area contributed by atoms with Gasteiger partial charge in [-0.15, -0.1) is 0 Å². The van der Waals surface area contributed by atoms with Gasteiger partial charge >= 0.3 is 0 Å². The van der Waals surface area contributed by atoms with Gasteiger partial charge < -0.3 is 0 Å². The number of hydrogen-bond donors (Lipinski definition) is 0. The molecule has 1 heteroatoms. The topological polar surface area (TPSA) is 0 Å². The highest BCUT2D eigenvalue weighted by Crippen LogP contribution is 2.39. The van der Waals surface area contributed by atoms with Gasteiger partial charge in [0.15, 0.2) is 0 Å². The van der Waals surface area contributed by atoms with E-state index in [-0.39, 0.29) is 0 Å². The summed E-state index contributed by atoms with van der Waals surface area (Å²) in [6, 6.07) is 0. The summed E-state index contributed by atoms with van der Waals surface area (Å²) in [6.07, 6.45) is 16.2. The van der Waals surface area contributed by atoms with E-state index in [1.807, 2.05) is 0 Å². The molecule has 74 valence electrons. The van der Waals surface area contributed by atoms with Crippen LogP contribution in [0.3, 0.4) is 0 Å². The number of rotatable bonds is 0. The average Bonchev–Trinajstić information content (AvgIpc) is 2.52. The average molecular weight is 196 g/mol. The molecule has 0 aromatic carbocycles. The molecule has 2 aliphatic heterocycles. The minimum absolute atomic E-state index is 1.01. The molecule has 1 fully saturated rings. The lowest BCUT2D eigenvalue weighted by Gasteiger charge is -2.09. The monoisotopic (exact) mass is 196 g/mol. The van der Waals surface area contributed by atoms with E-state index in [9.17, 15) is 0 Å². The normalized spacial score (nSPS) is 38.2. The van der Waals surface area contributed by atoms with E-state index in [1.54, 1.807) is 0 Å². The Kier molecular flexibility index (Phi) is 3.77. The standard InChI is InChI=1S/C12H20S/c1-2-4-6-8-12-10-9-11(13-12)7-5-3-1/h1-2,11-12H,3-10H2/b2-1-. The van der Waals surface area contributed by atoms with E-state index in [1.165, 1.54) is 51.4 Å². The molecule has 0 spiro atoms. The minimum atomic E-state index is 1.01. The molecule has 0 nitrogen and oxygen atoms in total. The number of hydrogen-bond acceptors (Lipinski definition) is 1. The summed E-state index contributed by atoms with van der Waals surface area (Å²) >= 11 is 2.29. The molecule has 1 saturated heterocycles. The quantitative estimate of drug-likeness (QED) is 0.524. The predicted octanol–water partition coefficient (Wildman–Crippen LogP) is 4.16. The lowest BCUT2D eigenvalue weighted by molar-refractivity contribution is 0.624. The lowest BCUT2D eigenvalue weighted by Crippen LogP contribution is -1.97. The number of thioether (sulfide) groups is 1. The van der Waals surface area contributed by atoms with Crippen LogP contribution in [0.5, 0.6) is 0 Å². The smallest absolute Gasteiger partial charge is 0.00503 e. The van der Waals surface area contributed by atoms with E-state index in [2.05, 4.69) is 23.9 Å². The van der Waals surface area contributed by atoms with Crippen LogP contribution in [-0.4, -0.2) is 10.5 Å². The van der Waals surface area contributed by atoms with Crippen molar-refractivity contribution in [2.45, 2.75) is 61.9 Å². The van der Waals surface area contributed by atoms with Crippen LogP contribution in [0.2, 0.25) is 0 Å². The van der Waals surface area contributed by atoms with Gasteiger partial charge in [-0.1, -0.05) is 12.2 Å². The van der Waals surface area contributed by atoms with Crippen LogP contribution in [-0.2, 0) is 0 Å². The number of fused-ring (bicyclic) bond motifs is 2. The molecule has 0 aromatic rings. The van der Waals surface area contributed by atoms with Crippen LogP contribution >= 0.6 is 11.8 Å². The van der Waals surface area contributed by atoms with Crippen molar-refractivity contribution in [2.75, 3.05) is 0 Å². The van der Waals surface area contributed by atoms with Gasteiger partial charge in [0, 0.05) is 10.5 Å². The van der Waals surface area contributed by atoms with Crippen molar-refractivity contribution in [1.82, 2.24) is 0 Å². The largest absolute Gasteiger partial charge is 0.155 e. The first-order valence-corrected chi connectivity index (χ1v) is 6.70. The first-order chi connectivity index (χ1) is 6.45. The van der Waals surface area contributed by atoms with Gasteiger partial charge in [0.1, 0.15) is 0 Å². The maximum absolute atomic E-state index is 2.39. The molecule has 2 aliphatic rings. The van der Waals surface area contributed by atoms with Gasteiger partial charge in [0.2, 0.25) is 0 Å². The molecule has 2 atom stereocenters. The van der Waals surface area contributed by atoms with Crippen molar-refractivity contribution < 1.29 is 0 Å². The molecule has 2 rings (SSSR count). The molecule has 2 bridgehead atoms. The molecular formula is C12H20S. The maximum atomic E-state index is 2.39. The Bertz CT molecular complexity index is 156. The van der Waals surface area contributed by atoms with E-state index < -0.39 is 0 Å². The van der Waals surface area contributed by atoms with Crippen LogP contribution in [0.15, 0.2) is 12.2 Å². The third-order valence-electron chi connectivity index (χ3n) is 3.16. The summed E-state index contributed by atoms with van der Waals surface area (Å²) in [4.78, 5) is 0. The third-order valence-corrected chi connectivity index (χ3v) is 4.87. The molecule has 2 unspecified atom stereocenters. The summed E-state index contributed by atoms with van der Waals surface area (Å²) in [5, 5.41) is 2.02. The molecule has 0 amide bonds. The van der Waals surface area contributed by atoms with Gasteiger partial charge in [-0.2, -0.15) is 11.8 Å². The summed E-state index contributed by atoms with van der Waals surface area (Å²) in [5.41, 5.74) is 0. The van der Waals surface area contributed by atoms with Crippen molar-refractivity contribution in [3.63, 3.8) is 0 Å². The predicted molar refractivity (Wildman–Crippen MR) is 61.2 cm³/mol. The zero-order chi connectivity index (χ0) is 8.93. The first kappa shape index (κ1) is 9.64. The zero-order valence-corrected chi connectivity index (χ0v) is 9.19. The Labute approximate surface area is 86.2 Å². The fraction of sp³-hybridized carbons (Fsp3) is 0.833. The molecule has 2 heterocycles. The zero-order valence-electron chi connectivity index (χ0n) is 8.37. The van der Waals surface area contributed by atoms with E-state index in [4.69, 9.17) is 0 Å². The van der Waals surface area contributed by atoms with Crippen molar-refractivity contribution in [1.29, 1.82) is 0 Å². The van der Waals surface area contributed by atoms with Crippen LogP contribution in [0, 0.1) is 0 Å². The minimum Gasteiger partial charge on any atom is -0.155 e. The second kappa shape index (κ2) is 5.09. The molecule has 0 N–H and O–H groups in total. The van der Waals surface area contributed by atoms with Crippen LogP contribution in [0.25, 0.3) is 0 Å². The summed E-state index contributed by atoms with van der Waals surface area (Å²) < 4.78 is 0. The molecule has 0 radical (unpaired) electrons. The molecule has 0 aliphatic carbocycles. The van der Waals surface area contributed by atoms with Gasteiger partial charge in [-0.05, 0) is 51.4 Å². The highest BCUT2D eigenvalue weighted by Gasteiger charge is 2.24. The Morgan fingerprint density at radius 2 is 1.31 bits per heavy atom. The number of allylic oxidation sites excluding steroid dienone is 2. The fourth-order valence-corrected chi connectivity index (χ4v) is 4.06. The van der Waals surface area contributed by atoms with Crippen LogP contribution in [0.4, 0.5) is 0 Å². The van der Waals surface area contributed by atoms with Gasteiger partial charge in [-0.25, -0.2) is 0 Å². The molecule has 0 aromatic heterocycles. The maximum Gasteiger partial charge on any atom is 0.00503 e. The summed E-state index contributed by atoms with van der Waals surface area (Å²) in [5.74, 6) is 0. The molecular weight excluding hydrogens is 176 g/mol. The molecule has 0 saturated carbocycles. The van der Waals surface area contributed by atoms with Crippen molar-refractivity contribution in [2.24, 2.45) is 0 Å². The van der Waals surface area contributed by atoms with Gasteiger partial charge in [-0.3, -0.25) is 0 Å². The van der Waals surface area contributed by atoms with Crippen molar-refractivity contribution in [3.05, 3.63) is 12.2 Å². The van der Waals surface area contributed by atoms with E-state index in [0.717, 1.165) is 10.5 Å². The second-order valence-electron chi connectivity index (χ2n) is 4.29. The highest BCUT2D eigenvalue weighted by atomic mass is 32.2. The molecule has 13 heavy (non-hydrogen) atoms. The van der Waals surface area contributed by atoms with E-state index in [0.29, 0.717) is 0 Å². The van der Waals surface area contributed by atoms with Crippen LogP contribution in [0.1, 0.15) is 51.4 Å². The Hall–Kier alpha value is 0.0900. The van der Waals surface area contributed by atoms with E-state index >= 15 is 0 Å². The van der Waals surface area contributed by atoms with Gasteiger partial charge in [0.05, 0.1) is 0 Å². The van der Waals surface area contributed by atoms with Crippen molar-refractivity contribution in [3.8, 4) is 0 Å². The second-order valence-corrected chi connectivity index (χ2v) is 5.90. The Morgan fingerprint density at radius 1 is 0.769 bits per heavy atom. The Balaban J connectivity index is 1.85. The third kappa shape index (κ3) is 3.05. The van der Waals surface area contributed by atoms with Gasteiger partial charge in [0.25, 0.3) is 0 Å². The fourth-order valence-electron chi connectivity index (χ4n) is 2.37. The summed E-state index contributed by atoms with van der Waals surface area (Å²) in [6.45, 7) is 0. The van der Waals surface area contributed by atoms with Crippen LogP contribution < -0.4 is 0 Å². The SMILES string of the molecule is C1=C\CCCC2CCC(CCC/1)S2. The first-order valence-electron chi connectivity index (χ1n) is 5.75. The Morgan fingerprint density at radius 3 is 1.85 bits per heavy atom. The van der Waals surface area contributed by atoms with Crippen molar-refractivity contribution >= 4 is 11.8 Å². The lowest BCUT2D eigenvalue weighted by atomic mass is 10.0. The summed E-state index contributed by atoms with van der Waals surface area (Å²) in [7, 11) is 0. The highest BCUT2D eigenvalue weighted by molar-refractivity contribution is 8.00.